The molecule has 1 aliphatic carbocycles. The summed E-state index contributed by atoms with van der Waals surface area (Å²) in [6.45, 7) is 10.7. The van der Waals surface area contributed by atoms with Crippen LogP contribution in [0.4, 0.5) is 13.2 Å². The molecule has 0 saturated carbocycles. The Balaban J connectivity index is 0.000000970. The lowest BCUT2D eigenvalue weighted by Gasteiger charge is -2.28. The number of rotatable bonds is 5. The zero-order valence-corrected chi connectivity index (χ0v) is 20.8. The zero-order valence-electron chi connectivity index (χ0n) is 20.8. The Kier molecular flexibility index (Phi) is 10.9. The van der Waals surface area contributed by atoms with Gasteiger partial charge in [-0.3, -0.25) is 4.90 Å². The molecule has 4 rings (SSSR count). The standard InChI is InChI=1S/C24H24F3NO2.2C2H6/c1-29-22-8-6-17(7-9-22)18-2-3-19(14-18)20-4-5-21(23(15-20)24(25,26)27)16-28-10-12-30-13-11-28;2*1-2/h3-9,14-15H,2,10-13,16H2,1H3;2*1-2H3. The number of allylic oxidation sites excluding steroid dienone is 4. The molecule has 2 aromatic carbocycles. The van der Waals surface area contributed by atoms with E-state index in [4.69, 9.17) is 9.47 Å². The molecule has 6 heteroatoms. The highest BCUT2D eigenvalue weighted by Gasteiger charge is 2.34. The van der Waals surface area contributed by atoms with E-state index >= 15 is 0 Å². The number of ether oxygens (including phenoxy) is 2. The van der Waals surface area contributed by atoms with Crippen molar-refractivity contribution in [2.24, 2.45) is 0 Å². The van der Waals surface area contributed by atoms with E-state index in [1.807, 2.05) is 69.0 Å². The van der Waals surface area contributed by atoms with Gasteiger partial charge in [0.15, 0.2) is 0 Å². The van der Waals surface area contributed by atoms with E-state index in [0.717, 1.165) is 22.5 Å². The predicted octanol–water partition coefficient (Wildman–Crippen LogP) is 7.47. The van der Waals surface area contributed by atoms with E-state index in [9.17, 15) is 13.2 Å². The molecule has 0 aromatic heterocycles. The van der Waals surface area contributed by atoms with E-state index < -0.39 is 11.7 Å². The Labute approximate surface area is 201 Å². The second-order valence-electron chi connectivity index (χ2n) is 7.52. The number of hydrogen-bond acceptors (Lipinski definition) is 3. The molecule has 0 radical (unpaired) electrons. The maximum Gasteiger partial charge on any atom is 0.416 e. The molecule has 0 N–H and O–H groups in total. The summed E-state index contributed by atoms with van der Waals surface area (Å²) in [5.74, 6) is 0.774. The van der Waals surface area contributed by atoms with E-state index in [1.54, 1.807) is 19.2 Å². The van der Waals surface area contributed by atoms with Gasteiger partial charge in [0.2, 0.25) is 0 Å². The van der Waals surface area contributed by atoms with Crippen LogP contribution in [-0.4, -0.2) is 38.3 Å². The van der Waals surface area contributed by atoms with Crippen molar-refractivity contribution in [2.75, 3.05) is 33.4 Å². The zero-order chi connectivity index (χ0) is 25.1. The molecule has 1 saturated heterocycles. The van der Waals surface area contributed by atoms with Crippen molar-refractivity contribution in [2.45, 2.75) is 46.8 Å². The summed E-state index contributed by atoms with van der Waals surface area (Å²) in [6, 6.07) is 12.4. The van der Waals surface area contributed by atoms with E-state index in [1.165, 1.54) is 6.07 Å². The van der Waals surface area contributed by atoms with Crippen LogP contribution >= 0.6 is 0 Å². The Morgan fingerprint density at radius 3 is 2.12 bits per heavy atom. The fraction of sp³-hybridized carbons (Fsp3) is 0.429. The van der Waals surface area contributed by atoms with Gasteiger partial charge in [-0.25, -0.2) is 0 Å². The molecule has 0 unspecified atom stereocenters. The van der Waals surface area contributed by atoms with Crippen LogP contribution in [-0.2, 0) is 17.5 Å². The topological polar surface area (TPSA) is 21.7 Å². The third kappa shape index (κ3) is 7.21. The van der Waals surface area contributed by atoms with Gasteiger partial charge in [0, 0.05) is 19.6 Å². The summed E-state index contributed by atoms with van der Waals surface area (Å²) in [5, 5.41) is 0. The maximum absolute atomic E-state index is 13.8. The van der Waals surface area contributed by atoms with Gasteiger partial charge in [-0.1, -0.05) is 64.1 Å². The van der Waals surface area contributed by atoms with Crippen LogP contribution < -0.4 is 4.74 Å². The number of benzene rings is 2. The molecule has 186 valence electrons. The molecule has 0 amide bonds. The molecule has 0 atom stereocenters. The van der Waals surface area contributed by atoms with Crippen LogP contribution in [0.25, 0.3) is 11.1 Å². The lowest BCUT2D eigenvalue weighted by molar-refractivity contribution is -0.138. The largest absolute Gasteiger partial charge is 0.497 e. The number of alkyl halides is 3. The second-order valence-corrected chi connectivity index (χ2v) is 7.52. The quantitative estimate of drug-likeness (QED) is 0.448. The fourth-order valence-electron chi connectivity index (χ4n) is 3.89. The molecule has 1 fully saturated rings. The summed E-state index contributed by atoms with van der Waals surface area (Å²) in [7, 11) is 1.62. The highest BCUT2D eigenvalue weighted by molar-refractivity contribution is 5.89. The molecule has 1 heterocycles. The summed E-state index contributed by atoms with van der Waals surface area (Å²) >= 11 is 0. The number of hydrogen-bond donors (Lipinski definition) is 0. The molecular weight excluding hydrogens is 439 g/mol. The van der Waals surface area contributed by atoms with Crippen molar-refractivity contribution in [1.29, 1.82) is 0 Å². The van der Waals surface area contributed by atoms with Crippen molar-refractivity contribution in [3.05, 3.63) is 76.9 Å². The van der Waals surface area contributed by atoms with Gasteiger partial charge in [0.25, 0.3) is 0 Å². The van der Waals surface area contributed by atoms with Crippen molar-refractivity contribution >= 4 is 11.1 Å². The van der Waals surface area contributed by atoms with E-state index in [-0.39, 0.29) is 6.54 Å². The maximum atomic E-state index is 13.8. The Bertz CT molecular complexity index is 957. The van der Waals surface area contributed by atoms with Crippen molar-refractivity contribution < 1.29 is 22.6 Å². The molecule has 0 bridgehead atoms. The molecule has 1 aliphatic heterocycles. The monoisotopic (exact) mass is 475 g/mol. The average Bonchev–Trinajstić information content (AvgIpc) is 3.37. The fourth-order valence-corrected chi connectivity index (χ4v) is 3.89. The average molecular weight is 476 g/mol. The Morgan fingerprint density at radius 2 is 1.53 bits per heavy atom. The molecule has 0 spiro atoms. The second kappa shape index (κ2) is 13.4. The summed E-state index contributed by atoms with van der Waals surface area (Å²) in [4.78, 5) is 2.00. The van der Waals surface area contributed by atoms with Crippen LogP contribution in [0.15, 0.2) is 54.6 Å². The normalized spacial score (nSPS) is 15.9. The van der Waals surface area contributed by atoms with Crippen LogP contribution in [0.1, 0.15) is 56.4 Å². The highest BCUT2D eigenvalue weighted by atomic mass is 19.4. The van der Waals surface area contributed by atoms with Gasteiger partial charge in [0.1, 0.15) is 5.75 Å². The summed E-state index contributed by atoms with van der Waals surface area (Å²) in [6.07, 6.45) is 0.257. The predicted molar refractivity (Wildman–Crippen MR) is 134 cm³/mol. The number of methoxy groups -OCH3 is 1. The Morgan fingerprint density at radius 1 is 0.912 bits per heavy atom. The highest BCUT2D eigenvalue weighted by Crippen LogP contribution is 2.38. The lowest BCUT2D eigenvalue weighted by atomic mass is 9.98. The minimum absolute atomic E-state index is 0.282. The van der Waals surface area contributed by atoms with Gasteiger partial charge < -0.3 is 9.47 Å². The smallest absolute Gasteiger partial charge is 0.416 e. The van der Waals surface area contributed by atoms with Crippen molar-refractivity contribution in [1.82, 2.24) is 4.90 Å². The third-order valence-electron chi connectivity index (χ3n) is 5.58. The van der Waals surface area contributed by atoms with Crippen LogP contribution in [0, 0.1) is 0 Å². The van der Waals surface area contributed by atoms with Crippen molar-refractivity contribution in [3.63, 3.8) is 0 Å². The van der Waals surface area contributed by atoms with Crippen LogP contribution in [0.5, 0.6) is 5.75 Å². The molecule has 3 nitrogen and oxygen atoms in total. The molecule has 34 heavy (non-hydrogen) atoms. The SMILES string of the molecule is CC.CC.COc1ccc(C2=CC(c3ccc(CN4CCOCC4)c(C(F)(F)F)c3)=CC2)cc1. The van der Waals surface area contributed by atoms with Crippen LogP contribution in [0.2, 0.25) is 0 Å². The summed E-state index contributed by atoms with van der Waals surface area (Å²) in [5.41, 5.74) is 3.30. The molecule has 2 aromatic rings. The number of morpholine rings is 1. The first-order chi connectivity index (χ1) is 16.4. The lowest BCUT2D eigenvalue weighted by Crippen LogP contribution is -2.36. The van der Waals surface area contributed by atoms with Gasteiger partial charge in [-0.05, 0) is 52.5 Å². The molecular formula is C28H36F3NO2. The number of halogens is 3. The van der Waals surface area contributed by atoms with E-state index in [2.05, 4.69) is 0 Å². The van der Waals surface area contributed by atoms with Crippen LogP contribution in [0.3, 0.4) is 0 Å². The van der Waals surface area contributed by atoms with E-state index in [0.29, 0.717) is 43.9 Å². The first-order valence-corrected chi connectivity index (χ1v) is 12.0. The first kappa shape index (κ1) is 27.7. The Hall–Kier alpha value is -2.57. The van der Waals surface area contributed by atoms with Gasteiger partial charge in [0.05, 0.1) is 25.9 Å². The van der Waals surface area contributed by atoms with Gasteiger partial charge in [-0.2, -0.15) is 13.2 Å². The third-order valence-corrected chi connectivity index (χ3v) is 5.58. The van der Waals surface area contributed by atoms with Gasteiger partial charge in [-0.15, -0.1) is 0 Å². The minimum Gasteiger partial charge on any atom is -0.497 e. The minimum atomic E-state index is -4.39. The molecule has 2 aliphatic rings. The van der Waals surface area contributed by atoms with Gasteiger partial charge >= 0.3 is 6.18 Å². The van der Waals surface area contributed by atoms with Crippen molar-refractivity contribution in [3.8, 4) is 5.75 Å². The first-order valence-electron chi connectivity index (χ1n) is 12.0. The summed E-state index contributed by atoms with van der Waals surface area (Å²) < 4.78 is 51.9. The number of nitrogens with zero attached hydrogens (tertiary/aromatic N) is 1.